The van der Waals surface area contributed by atoms with Crippen LogP contribution >= 0.6 is 15.6 Å². The average molecular weight is 1370 g/mol. The molecule has 0 saturated heterocycles. The van der Waals surface area contributed by atoms with Crippen molar-refractivity contribution in [3.63, 3.8) is 0 Å². The molecule has 0 aromatic rings. The first-order valence-corrected chi connectivity index (χ1v) is 41.4. The number of esters is 4. The van der Waals surface area contributed by atoms with Crippen LogP contribution in [0.4, 0.5) is 0 Å². The molecule has 0 aliphatic rings. The predicted octanol–water partition coefficient (Wildman–Crippen LogP) is 21.4. The Morgan fingerprint density at radius 2 is 0.548 bits per heavy atom. The van der Waals surface area contributed by atoms with E-state index in [0.717, 1.165) is 114 Å². The van der Waals surface area contributed by atoms with Gasteiger partial charge in [-0.15, -0.1) is 0 Å². The van der Waals surface area contributed by atoms with Crippen molar-refractivity contribution < 1.29 is 80.2 Å². The molecule has 0 spiro atoms. The maximum atomic E-state index is 13.1. The fourth-order valence-corrected chi connectivity index (χ4v) is 12.8. The molecule has 0 fully saturated rings. The van der Waals surface area contributed by atoms with Gasteiger partial charge in [0.1, 0.15) is 19.3 Å². The van der Waals surface area contributed by atoms with E-state index in [0.29, 0.717) is 25.7 Å². The Bertz CT molecular complexity index is 1820. The number of aliphatic hydroxyl groups is 1. The minimum Gasteiger partial charge on any atom is -0.462 e. The van der Waals surface area contributed by atoms with E-state index in [1.54, 1.807) is 0 Å². The van der Waals surface area contributed by atoms with Gasteiger partial charge in [-0.2, -0.15) is 0 Å². The highest BCUT2D eigenvalue weighted by Crippen LogP contribution is 2.45. The van der Waals surface area contributed by atoms with Crippen molar-refractivity contribution >= 4 is 39.5 Å². The number of carbonyl (C=O) groups excluding carboxylic acids is 4. The minimum atomic E-state index is -4.96. The molecule has 0 radical (unpaired) electrons. The Kier molecular flexibility index (Phi) is 63.4. The third kappa shape index (κ3) is 67.0. The summed E-state index contributed by atoms with van der Waals surface area (Å²) in [4.78, 5) is 72.7. The lowest BCUT2D eigenvalue weighted by molar-refractivity contribution is -0.161. The fraction of sp³-hybridized carbons (Fsp3) is 0.946. The monoisotopic (exact) mass is 1370 g/mol. The normalized spacial score (nSPS) is 14.4. The van der Waals surface area contributed by atoms with Crippen molar-refractivity contribution in [3.8, 4) is 0 Å². The van der Waals surface area contributed by atoms with E-state index in [-0.39, 0.29) is 25.7 Å². The number of carbonyl (C=O) groups is 4. The van der Waals surface area contributed by atoms with Crippen LogP contribution in [0.15, 0.2) is 0 Å². The van der Waals surface area contributed by atoms with E-state index in [9.17, 15) is 43.2 Å². The molecule has 3 N–H and O–H groups in total. The van der Waals surface area contributed by atoms with Gasteiger partial charge in [0.15, 0.2) is 12.2 Å². The number of aliphatic hydroxyl groups excluding tert-OH is 1. The summed E-state index contributed by atoms with van der Waals surface area (Å²) in [5.74, 6) is 0.0835. The van der Waals surface area contributed by atoms with Gasteiger partial charge in [0.05, 0.1) is 26.4 Å². The van der Waals surface area contributed by atoms with Crippen LogP contribution in [0.3, 0.4) is 0 Å². The maximum absolute atomic E-state index is 13.1. The van der Waals surface area contributed by atoms with E-state index in [1.807, 2.05) is 0 Å². The molecular weight excluding hydrogens is 1220 g/mol. The average Bonchev–Trinajstić information content (AvgIpc) is 1.96. The first-order valence-electron chi connectivity index (χ1n) is 38.4. The van der Waals surface area contributed by atoms with Crippen molar-refractivity contribution in [2.24, 2.45) is 17.8 Å². The summed E-state index contributed by atoms with van der Waals surface area (Å²) in [6, 6.07) is 0. The Morgan fingerprint density at radius 3 is 0.817 bits per heavy atom. The highest BCUT2D eigenvalue weighted by Gasteiger charge is 2.30. The number of phosphoric ester groups is 2. The minimum absolute atomic E-state index is 0.103. The lowest BCUT2D eigenvalue weighted by Gasteiger charge is -2.21. The molecule has 552 valence electrons. The topological polar surface area (TPSA) is 237 Å². The van der Waals surface area contributed by atoms with Crippen LogP contribution in [0.2, 0.25) is 0 Å². The lowest BCUT2D eigenvalue weighted by atomic mass is 10.00. The second-order valence-electron chi connectivity index (χ2n) is 27.9. The SMILES string of the molecule is CCCCCCCCCCCCCCCCCCCCCC(=O)O[C@H](COC(=O)CCCCCCCCCCCCC(C)C)COP(=O)(O)OC[C@@H](O)COP(=O)(O)OC[C@@H](COC(=O)CCCCCCCCC(C)CC)OC(=O)CCCCCCCCCCC(C)C. The molecule has 0 amide bonds. The van der Waals surface area contributed by atoms with Crippen LogP contribution in [0.25, 0.3) is 0 Å². The Morgan fingerprint density at radius 1 is 0.312 bits per heavy atom. The molecule has 6 atom stereocenters. The molecule has 19 heteroatoms. The number of phosphoric acid groups is 2. The van der Waals surface area contributed by atoms with Gasteiger partial charge < -0.3 is 33.8 Å². The highest BCUT2D eigenvalue weighted by molar-refractivity contribution is 7.47. The molecule has 17 nitrogen and oxygen atoms in total. The summed E-state index contributed by atoms with van der Waals surface area (Å²) in [6.45, 7) is 11.8. The molecule has 3 unspecified atom stereocenters. The zero-order valence-corrected chi connectivity index (χ0v) is 62.5. The van der Waals surface area contributed by atoms with E-state index in [2.05, 4.69) is 48.5 Å². The van der Waals surface area contributed by atoms with Gasteiger partial charge in [-0.05, 0) is 43.4 Å². The van der Waals surface area contributed by atoms with Crippen molar-refractivity contribution in [1.29, 1.82) is 0 Å². The lowest BCUT2D eigenvalue weighted by Crippen LogP contribution is -2.30. The molecule has 0 rings (SSSR count). The molecule has 0 aliphatic carbocycles. The zero-order valence-electron chi connectivity index (χ0n) is 60.7. The van der Waals surface area contributed by atoms with Gasteiger partial charge >= 0.3 is 39.5 Å². The molecule has 0 bridgehead atoms. The Labute approximate surface area is 568 Å². The molecule has 0 saturated carbocycles. The van der Waals surface area contributed by atoms with Gasteiger partial charge in [-0.3, -0.25) is 37.3 Å². The largest absolute Gasteiger partial charge is 0.472 e. The maximum Gasteiger partial charge on any atom is 0.472 e. The van der Waals surface area contributed by atoms with Crippen molar-refractivity contribution in [3.05, 3.63) is 0 Å². The summed E-state index contributed by atoms with van der Waals surface area (Å²) < 4.78 is 68.4. The van der Waals surface area contributed by atoms with Crippen molar-refractivity contribution in [2.45, 2.75) is 394 Å². The third-order valence-electron chi connectivity index (χ3n) is 17.5. The van der Waals surface area contributed by atoms with Crippen LogP contribution in [0.1, 0.15) is 376 Å². The second kappa shape index (κ2) is 64.7. The fourth-order valence-electron chi connectivity index (χ4n) is 11.2. The van der Waals surface area contributed by atoms with Gasteiger partial charge in [0, 0.05) is 25.7 Å². The van der Waals surface area contributed by atoms with Crippen LogP contribution in [-0.2, 0) is 65.4 Å². The van der Waals surface area contributed by atoms with Crippen LogP contribution in [0, 0.1) is 17.8 Å². The number of rotatable bonds is 72. The van der Waals surface area contributed by atoms with E-state index < -0.39 is 97.5 Å². The van der Waals surface area contributed by atoms with E-state index in [1.165, 1.54) is 180 Å². The second-order valence-corrected chi connectivity index (χ2v) is 30.8. The van der Waals surface area contributed by atoms with Gasteiger partial charge in [-0.25, -0.2) is 9.13 Å². The summed E-state index contributed by atoms with van der Waals surface area (Å²) in [6.07, 6.45) is 50.1. The molecule has 0 aromatic carbocycles. The first-order chi connectivity index (χ1) is 44.8. The van der Waals surface area contributed by atoms with Crippen molar-refractivity contribution in [1.82, 2.24) is 0 Å². The Balaban J connectivity index is 5.23. The third-order valence-corrected chi connectivity index (χ3v) is 19.4. The van der Waals surface area contributed by atoms with Crippen LogP contribution in [0.5, 0.6) is 0 Å². The van der Waals surface area contributed by atoms with E-state index >= 15 is 0 Å². The number of hydrogen-bond acceptors (Lipinski definition) is 15. The van der Waals surface area contributed by atoms with Crippen molar-refractivity contribution in [2.75, 3.05) is 39.6 Å². The highest BCUT2D eigenvalue weighted by atomic mass is 31.2. The zero-order chi connectivity index (χ0) is 68.7. The quantitative estimate of drug-likeness (QED) is 0.0222. The van der Waals surface area contributed by atoms with Gasteiger partial charge in [0.2, 0.25) is 0 Å². The number of unbranched alkanes of at least 4 members (excludes halogenated alkanes) is 39. The Hall–Kier alpha value is -1.94. The standard InChI is InChI=1S/C74H144O17P2/c1-8-10-11-12-13-14-15-16-17-18-19-20-21-22-23-28-34-43-50-57-73(78)90-69(61-84-71(76)55-48-41-33-27-25-24-26-31-38-45-52-65(3)4)63-88-92(80,81)86-59-68(75)60-87-93(82,83)89-64-70(62-85-72(77)56-49-42-37-36-40-47-54-67(7)9-2)91-74(79)58-51-44-35-30-29-32-39-46-53-66(5)6/h65-70,75H,8-64H2,1-7H3,(H,80,81)(H,82,83)/t67?,68-,69-,70-/m1/s1. The number of ether oxygens (including phenoxy) is 4. The van der Waals surface area contributed by atoms with E-state index in [4.69, 9.17) is 37.0 Å². The molecule has 0 aromatic heterocycles. The molecular formula is C74H144O17P2. The summed E-state index contributed by atoms with van der Waals surface area (Å²) >= 11 is 0. The smallest absolute Gasteiger partial charge is 0.462 e. The molecule has 0 aliphatic heterocycles. The summed E-state index contributed by atoms with van der Waals surface area (Å²) in [7, 11) is -9.91. The molecule has 0 heterocycles. The van der Waals surface area contributed by atoms with Gasteiger partial charge in [0.25, 0.3) is 0 Å². The summed E-state index contributed by atoms with van der Waals surface area (Å²) in [5.41, 5.74) is 0. The summed E-state index contributed by atoms with van der Waals surface area (Å²) in [5, 5.41) is 10.6. The van der Waals surface area contributed by atoms with Gasteiger partial charge in [-0.1, -0.05) is 325 Å². The first kappa shape index (κ1) is 91.1. The van der Waals surface area contributed by atoms with Crippen LogP contribution in [-0.4, -0.2) is 96.7 Å². The molecule has 93 heavy (non-hydrogen) atoms. The predicted molar refractivity (Wildman–Crippen MR) is 377 cm³/mol. The number of hydrogen-bond donors (Lipinski definition) is 3. The van der Waals surface area contributed by atoms with Crippen LogP contribution < -0.4 is 0 Å².